The largest absolute Gasteiger partial charge is 0.462 e. The molecule has 1 aromatic carbocycles. The molecule has 1 aliphatic heterocycles. The lowest BCUT2D eigenvalue weighted by Crippen LogP contribution is -2.60. The van der Waals surface area contributed by atoms with Gasteiger partial charge in [0.1, 0.15) is 30.2 Å². The van der Waals surface area contributed by atoms with Crippen molar-refractivity contribution in [2.45, 2.75) is 37.1 Å². The standard InChI is InChI=1S/C18H21NO6/c20-10-14-15(21)16(22)17(23)18(25-14)24-13-7-2-1-5-11(13)9-12-6-3-4-8-19-12/h1-8,14-18,20-23H,9-10H2/t14-,15-,16+,17-,18-/m1/s1. The van der Waals surface area contributed by atoms with Gasteiger partial charge in [-0.1, -0.05) is 24.3 Å². The number of rotatable bonds is 5. The molecule has 0 radical (unpaired) electrons. The van der Waals surface area contributed by atoms with E-state index in [1.54, 1.807) is 18.3 Å². The number of hydrogen-bond acceptors (Lipinski definition) is 7. The fourth-order valence-electron chi connectivity index (χ4n) is 2.75. The van der Waals surface area contributed by atoms with Crippen LogP contribution in [0.4, 0.5) is 0 Å². The third-order valence-corrected chi connectivity index (χ3v) is 4.16. The third-order valence-electron chi connectivity index (χ3n) is 4.16. The minimum atomic E-state index is -1.47. The Morgan fingerprint density at radius 2 is 1.72 bits per heavy atom. The van der Waals surface area contributed by atoms with E-state index in [2.05, 4.69) is 4.98 Å². The van der Waals surface area contributed by atoms with Crippen molar-refractivity contribution in [3.05, 3.63) is 59.9 Å². The first-order valence-corrected chi connectivity index (χ1v) is 8.05. The predicted octanol–water partition coefficient (Wildman–Crippen LogP) is -0.149. The lowest BCUT2D eigenvalue weighted by Gasteiger charge is -2.39. The summed E-state index contributed by atoms with van der Waals surface area (Å²) in [7, 11) is 0. The van der Waals surface area contributed by atoms with Crippen molar-refractivity contribution in [1.82, 2.24) is 4.98 Å². The van der Waals surface area contributed by atoms with Gasteiger partial charge in [-0.2, -0.15) is 0 Å². The molecular formula is C18H21NO6. The molecule has 5 atom stereocenters. The van der Waals surface area contributed by atoms with Gasteiger partial charge in [0, 0.05) is 23.9 Å². The van der Waals surface area contributed by atoms with Crippen LogP contribution in [0, 0.1) is 0 Å². The van der Waals surface area contributed by atoms with Gasteiger partial charge in [-0.25, -0.2) is 0 Å². The minimum absolute atomic E-state index is 0.470. The van der Waals surface area contributed by atoms with Gasteiger partial charge in [-0.05, 0) is 18.2 Å². The first kappa shape index (κ1) is 17.8. The maximum absolute atomic E-state index is 10.1. The van der Waals surface area contributed by atoms with Gasteiger partial charge in [-0.15, -0.1) is 0 Å². The van der Waals surface area contributed by atoms with Crippen LogP contribution in [0.25, 0.3) is 0 Å². The summed E-state index contributed by atoms with van der Waals surface area (Å²) in [6, 6.07) is 12.8. The number of pyridine rings is 1. The molecule has 1 fully saturated rings. The Kier molecular flexibility index (Phi) is 5.62. The monoisotopic (exact) mass is 347 g/mol. The van der Waals surface area contributed by atoms with E-state index in [4.69, 9.17) is 9.47 Å². The van der Waals surface area contributed by atoms with E-state index in [1.165, 1.54) is 0 Å². The fraction of sp³-hybridized carbons (Fsp3) is 0.389. The number of para-hydroxylation sites is 1. The van der Waals surface area contributed by atoms with Gasteiger partial charge >= 0.3 is 0 Å². The molecule has 1 aromatic heterocycles. The predicted molar refractivity (Wildman–Crippen MR) is 87.9 cm³/mol. The average molecular weight is 347 g/mol. The normalized spacial score (nSPS) is 29.4. The van der Waals surface area contributed by atoms with Crippen LogP contribution in [-0.4, -0.2) is 62.7 Å². The molecular weight excluding hydrogens is 326 g/mol. The van der Waals surface area contributed by atoms with Gasteiger partial charge < -0.3 is 29.9 Å². The number of hydrogen-bond donors (Lipinski definition) is 4. The molecule has 25 heavy (non-hydrogen) atoms. The Balaban J connectivity index is 1.78. The number of ether oxygens (including phenoxy) is 2. The Labute approximate surface area is 145 Å². The summed E-state index contributed by atoms with van der Waals surface area (Å²) in [6.07, 6.45) is -4.32. The first-order chi connectivity index (χ1) is 12.1. The molecule has 7 nitrogen and oxygen atoms in total. The molecule has 1 saturated heterocycles. The van der Waals surface area contributed by atoms with Crippen LogP contribution >= 0.6 is 0 Å². The second-order valence-electron chi connectivity index (χ2n) is 5.92. The van der Waals surface area contributed by atoms with Gasteiger partial charge in [0.25, 0.3) is 0 Å². The van der Waals surface area contributed by atoms with Crippen molar-refractivity contribution >= 4 is 0 Å². The quantitative estimate of drug-likeness (QED) is 0.595. The van der Waals surface area contributed by atoms with E-state index in [9.17, 15) is 20.4 Å². The zero-order valence-electron chi connectivity index (χ0n) is 13.5. The summed E-state index contributed by atoms with van der Waals surface area (Å²) < 4.78 is 11.1. The summed E-state index contributed by atoms with van der Waals surface area (Å²) in [4.78, 5) is 4.28. The molecule has 0 aliphatic carbocycles. The van der Waals surface area contributed by atoms with Crippen LogP contribution < -0.4 is 4.74 Å². The molecule has 1 aliphatic rings. The molecule has 3 rings (SSSR count). The SMILES string of the molecule is OC[C@H]1O[C@@H](Oc2ccccc2Cc2ccccn2)[C@H](O)[C@@H](O)[C@@H]1O. The van der Waals surface area contributed by atoms with Crippen LogP contribution in [0.15, 0.2) is 48.7 Å². The maximum atomic E-state index is 10.1. The summed E-state index contributed by atoms with van der Waals surface area (Å²) in [6.45, 7) is -0.500. The van der Waals surface area contributed by atoms with E-state index in [0.717, 1.165) is 11.3 Å². The van der Waals surface area contributed by atoms with Crippen molar-refractivity contribution in [2.24, 2.45) is 0 Å². The number of aliphatic hydroxyl groups is 4. The Morgan fingerprint density at radius 1 is 0.960 bits per heavy atom. The second-order valence-corrected chi connectivity index (χ2v) is 5.92. The van der Waals surface area contributed by atoms with E-state index in [0.29, 0.717) is 12.2 Å². The smallest absolute Gasteiger partial charge is 0.229 e. The second kappa shape index (κ2) is 7.90. The Bertz CT molecular complexity index is 680. The van der Waals surface area contributed by atoms with Gasteiger partial charge in [0.05, 0.1) is 6.61 Å². The molecule has 0 spiro atoms. The topological polar surface area (TPSA) is 112 Å². The van der Waals surface area contributed by atoms with Crippen LogP contribution in [0.3, 0.4) is 0 Å². The number of nitrogens with zero attached hydrogens (tertiary/aromatic N) is 1. The van der Waals surface area contributed by atoms with Gasteiger partial charge in [0.2, 0.25) is 6.29 Å². The van der Waals surface area contributed by atoms with Crippen LogP contribution in [0.1, 0.15) is 11.3 Å². The molecule has 0 unspecified atom stereocenters. The van der Waals surface area contributed by atoms with Gasteiger partial charge in [0.15, 0.2) is 0 Å². The van der Waals surface area contributed by atoms with Crippen molar-refractivity contribution in [3.63, 3.8) is 0 Å². The number of benzene rings is 1. The molecule has 134 valence electrons. The highest BCUT2D eigenvalue weighted by molar-refractivity contribution is 5.36. The maximum Gasteiger partial charge on any atom is 0.229 e. The zero-order chi connectivity index (χ0) is 17.8. The highest BCUT2D eigenvalue weighted by Gasteiger charge is 2.44. The molecule has 0 saturated carbocycles. The van der Waals surface area contributed by atoms with Crippen molar-refractivity contribution < 1.29 is 29.9 Å². The zero-order valence-corrected chi connectivity index (χ0v) is 13.5. The lowest BCUT2D eigenvalue weighted by molar-refractivity contribution is -0.277. The van der Waals surface area contributed by atoms with Crippen molar-refractivity contribution in [1.29, 1.82) is 0 Å². The molecule has 0 amide bonds. The minimum Gasteiger partial charge on any atom is -0.462 e. The van der Waals surface area contributed by atoms with E-state index < -0.39 is 37.3 Å². The van der Waals surface area contributed by atoms with Crippen LogP contribution in [0.5, 0.6) is 5.75 Å². The Hall–Kier alpha value is -2.03. The number of aromatic nitrogens is 1. The highest BCUT2D eigenvalue weighted by Crippen LogP contribution is 2.27. The van der Waals surface area contributed by atoms with Crippen LogP contribution in [-0.2, 0) is 11.2 Å². The lowest BCUT2D eigenvalue weighted by atomic mass is 9.99. The molecule has 2 aromatic rings. The average Bonchev–Trinajstić information content (AvgIpc) is 2.64. The van der Waals surface area contributed by atoms with Gasteiger partial charge in [-0.3, -0.25) is 4.98 Å². The molecule has 4 N–H and O–H groups in total. The fourth-order valence-corrected chi connectivity index (χ4v) is 2.75. The van der Waals surface area contributed by atoms with Crippen molar-refractivity contribution in [3.8, 4) is 5.75 Å². The van der Waals surface area contributed by atoms with Crippen LogP contribution in [0.2, 0.25) is 0 Å². The Morgan fingerprint density at radius 3 is 2.44 bits per heavy atom. The highest BCUT2D eigenvalue weighted by atomic mass is 16.7. The first-order valence-electron chi connectivity index (χ1n) is 8.05. The van der Waals surface area contributed by atoms with Crippen molar-refractivity contribution in [2.75, 3.05) is 6.61 Å². The summed E-state index contributed by atoms with van der Waals surface area (Å²) in [5.74, 6) is 0.470. The van der Waals surface area contributed by atoms with E-state index >= 15 is 0 Å². The summed E-state index contributed by atoms with van der Waals surface area (Å²) >= 11 is 0. The third kappa shape index (κ3) is 3.97. The van der Waals surface area contributed by atoms with E-state index in [-0.39, 0.29) is 0 Å². The number of aliphatic hydroxyl groups excluding tert-OH is 4. The summed E-state index contributed by atoms with van der Waals surface area (Å²) in [5, 5.41) is 39.1. The van der Waals surface area contributed by atoms with E-state index in [1.807, 2.05) is 30.3 Å². The molecule has 0 bridgehead atoms. The molecule has 7 heteroatoms. The summed E-state index contributed by atoms with van der Waals surface area (Å²) in [5.41, 5.74) is 1.69. The molecule has 2 heterocycles.